The third-order valence-electron chi connectivity index (χ3n) is 2.46. The molecule has 4 nitrogen and oxygen atoms in total. The highest BCUT2D eigenvalue weighted by molar-refractivity contribution is 6.31. The molecule has 0 heterocycles. The van der Waals surface area contributed by atoms with Crippen molar-refractivity contribution in [3.05, 3.63) is 28.8 Å². The van der Waals surface area contributed by atoms with Gasteiger partial charge in [-0.25, -0.2) is 0 Å². The summed E-state index contributed by atoms with van der Waals surface area (Å²) in [6.07, 6.45) is 1.38. The zero-order valence-corrected chi connectivity index (χ0v) is 11.7. The van der Waals surface area contributed by atoms with Crippen molar-refractivity contribution in [3.63, 3.8) is 0 Å². The molecule has 0 fully saturated rings. The number of hydrogen-bond donors (Lipinski definition) is 1. The quantitative estimate of drug-likeness (QED) is 0.745. The Morgan fingerprint density at radius 1 is 1.42 bits per heavy atom. The second-order valence-corrected chi connectivity index (χ2v) is 4.55. The van der Waals surface area contributed by atoms with Crippen LogP contribution in [0.2, 0.25) is 5.02 Å². The molecule has 0 amide bonds. The van der Waals surface area contributed by atoms with Gasteiger partial charge in [-0.05, 0) is 18.6 Å². The Morgan fingerprint density at radius 2 is 2.21 bits per heavy atom. The van der Waals surface area contributed by atoms with Crippen LogP contribution in [0.1, 0.15) is 25.3 Å². The summed E-state index contributed by atoms with van der Waals surface area (Å²) in [5.74, 6) is 0.525. The van der Waals surface area contributed by atoms with Crippen LogP contribution in [0.3, 0.4) is 0 Å². The normalized spacial score (nSPS) is 11.9. The first-order valence-electron chi connectivity index (χ1n) is 6.25. The molecule has 0 saturated heterocycles. The van der Waals surface area contributed by atoms with Gasteiger partial charge in [0.25, 0.3) is 0 Å². The molecule has 104 valence electrons. The van der Waals surface area contributed by atoms with Gasteiger partial charge in [-0.3, -0.25) is 0 Å². The largest absolute Gasteiger partial charge is 0.491 e. The molecule has 1 unspecified atom stereocenters. The van der Waals surface area contributed by atoms with Crippen LogP contribution in [-0.4, -0.2) is 31.0 Å². The van der Waals surface area contributed by atoms with Crippen molar-refractivity contribution in [2.45, 2.75) is 25.9 Å². The second kappa shape index (κ2) is 8.76. The SMILES string of the molecule is CCCCOCC(O)COc1ccc(C#N)c(Cl)c1. The Hall–Kier alpha value is -1.28. The Balaban J connectivity index is 2.32. The summed E-state index contributed by atoms with van der Waals surface area (Å²) >= 11 is 5.87. The first-order valence-corrected chi connectivity index (χ1v) is 6.63. The van der Waals surface area contributed by atoms with Crippen molar-refractivity contribution in [2.75, 3.05) is 19.8 Å². The van der Waals surface area contributed by atoms with Crippen LogP contribution in [0.15, 0.2) is 18.2 Å². The van der Waals surface area contributed by atoms with E-state index >= 15 is 0 Å². The molecule has 1 atom stereocenters. The van der Waals surface area contributed by atoms with Gasteiger partial charge in [-0.15, -0.1) is 0 Å². The topological polar surface area (TPSA) is 62.5 Å². The number of ether oxygens (including phenoxy) is 2. The monoisotopic (exact) mass is 283 g/mol. The molecule has 5 heteroatoms. The van der Waals surface area contributed by atoms with Crippen molar-refractivity contribution in [1.82, 2.24) is 0 Å². The molecule has 1 aromatic carbocycles. The summed E-state index contributed by atoms with van der Waals surface area (Å²) < 4.78 is 10.7. The van der Waals surface area contributed by atoms with E-state index in [4.69, 9.17) is 26.3 Å². The third kappa shape index (κ3) is 5.93. The maximum absolute atomic E-state index is 9.64. The lowest BCUT2D eigenvalue weighted by Crippen LogP contribution is -2.23. The molecule has 19 heavy (non-hydrogen) atoms. The Morgan fingerprint density at radius 3 is 2.84 bits per heavy atom. The molecule has 1 rings (SSSR count). The molecular weight excluding hydrogens is 266 g/mol. The fourth-order valence-electron chi connectivity index (χ4n) is 1.38. The van der Waals surface area contributed by atoms with Gasteiger partial charge < -0.3 is 14.6 Å². The highest BCUT2D eigenvalue weighted by Crippen LogP contribution is 2.21. The lowest BCUT2D eigenvalue weighted by molar-refractivity contribution is 0.0113. The molecule has 1 N–H and O–H groups in total. The van der Waals surface area contributed by atoms with E-state index in [0.717, 1.165) is 12.8 Å². The fraction of sp³-hybridized carbons (Fsp3) is 0.500. The Kier molecular flexibility index (Phi) is 7.27. The van der Waals surface area contributed by atoms with Crippen LogP contribution in [-0.2, 0) is 4.74 Å². The molecule has 0 spiro atoms. The number of benzene rings is 1. The number of aliphatic hydroxyl groups is 1. The first kappa shape index (κ1) is 15.8. The van der Waals surface area contributed by atoms with Gasteiger partial charge in [-0.1, -0.05) is 24.9 Å². The van der Waals surface area contributed by atoms with Gasteiger partial charge in [0.05, 0.1) is 17.2 Å². The van der Waals surface area contributed by atoms with Crippen LogP contribution >= 0.6 is 11.6 Å². The molecule has 0 aliphatic carbocycles. The second-order valence-electron chi connectivity index (χ2n) is 4.15. The van der Waals surface area contributed by atoms with Crippen LogP contribution in [0.4, 0.5) is 0 Å². The number of aliphatic hydroxyl groups excluding tert-OH is 1. The van der Waals surface area contributed by atoms with Crippen LogP contribution in [0.25, 0.3) is 0 Å². The predicted octanol–water partition coefficient (Wildman–Crippen LogP) is 2.77. The maximum Gasteiger partial charge on any atom is 0.121 e. The summed E-state index contributed by atoms with van der Waals surface area (Å²) in [5, 5.41) is 18.7. The molecule has 0 radical (unpaired) electrons. The van der Waals surface area contributed by atoms with E-state index in [1.807, 2.05) is 6.07 Å². The molecule has 0 aromatic heterocycles. The average Bonchev–Trinajstić information content (AvgIpc) is 2.41. The first-order chi connectivity index (χ1) is 9.17. The number of nitriles is 1. The van der Waals surface area contributed by atoms with Crippen molar-refractivity contribution >= 4 is 11.6 Å². The summed E-state index contributed by atoms with van der Waals surface area (Å²) in [6, 6.07) is 6.76. The molecular formula is C14H18ClNO3. The van der Waals surface area contributed by atoms with Gasteiger partial charge in [0.1, 0.15) is 24.5 Å². The van der Waals surface area contributed by atoms with Crippen molar-refractivity contribution in [3.8, 4) is 11.8 Å². The molecule has 1 aromatic rings. The number of nitrogens with zero attached hydrogens (tertiary/aromatic N) is 1. The van der Waals surface area contributed by atoms with E-state index in [2.05, 4.69) is 6.92 Å². The summed E-state index contributed by atoms with van der Waals surface area (Å²) in [7, 11) is 0. The average molecular weight is 284 g/mol. The highest BCUT2D eigenvalue weighted by Gasteiger charge is 2.07. The zero-order chi connectivity index (χ0) is 14.1. The van der Waals surface area contributed by atoms with Crippen LogP contribution in [0, 0.1) is 11.3 Å². The number of rotatable bonds is 8. The van der Waals surface area contributed by atoms with E-state index in [-0.39, 0.29) is 13.2 Å². The van der Waals surface area contributed by atoms with Crippen molar-refractivity contribution in [2.24, 2.45) is 0 Å². The van der Waals surface area contributed by atoms with Crippen LogP contribution < -0.4 is 4.74 Å². The minimum atomic E-state index is -0.675. The maximum atomic E-state index is 9.64. The van der Waals surface area contributed by atoms with Gasteiger partial charge in [0.2, 0.25) is 0 Å². The molecule has 0 aliphatic heterocycles. The van der Waals surface area contributed by atoms with E-state index in [0.29, 0.717) is 22.9 Å². The van der Waals surface area contributed by atoms with Crippen LogP contribution in [0.5, 0.6) is 5.75 Å². The number of unbranched alkanes of at least 4 members (excludes halogenated alkanes) is 1. The summed E-state index contributed by atoms with van der Waals surface area (Å²) in [4.78, 5) is 0. The highest BCUT2D eigenvalue weighted by atomic mass is 35.5. The zero-order valence-electron chi connectivity index (χ0n) is 10.9. The lowest BCUT2D eigenvalue weighted by atomic mass is 10.2. The van der Waals surface area contributed by atoms with E-state index < -0.39 is 6.10 Å². The molecule has 0 aliphatic rings. The van der Waals surface area contributed by atoms with E-state index in [1.165, 1.54) is 0 Å². The van der Waals surface area contributed by atoms with Gasteiger partial charge >= 0.3 is 0 Å². The molecule has 0 bridgehead atoms. The standard InChI is InChI=1S/C14H18ClNO3/c1-2-3-6-18-9-12(17)10-19-13-5-4-11(8-16)14(15)7-13/h4-5,7,12,17H,2-3,6,9-10H2,1H3. The molecule has 0 saturated carbocycles. The minimum absolute atomic E-state index is 0.133. The minimum Gasteiger partial charge on any atom is -0.491 e. The van der Waals surface area contributed by atoms with Gasteiger partial charge in [-0.2, -0.15) is 5.26 Å². The van der Waals surface area contributed by atoms with Crippen molar-refractivity contribution < 1.29 is 14.6 Å². The fourth-order valence-corrected chi connectivity index (χ4v) is 1.60. The lowest BCUT2D eigenvalue weighted by Gasteiger charge is -2.13. The van der Waals surface area contributed by atoms with Crippen molar-refractivity contribution in [1.29, 1.82) is 5.26 Å². The van der Waals surface area contributed by atoms with E-state index in [1.54, 1.807) is 18.2 Å². The Bertz CT molecular complexity index is 431. The number of halogens is 1. The van der Waals surface area contributed by atoms with E-state index in [9.17, 15) is 5.11 Å². The summed E-state index contributed by atoms with van der Waals surface area (Å²) in [5.41, 5.74) is 0.400. The third-order valence-corrected chi connectivity index (χ3v) is 2.77. The predicted molar refractivity (Wildman–Crippen MR) is 73.4 cm³/mol. The number of hydrogen-bond acceptors (Lipinski definition) is 4. The smallest absolute Gasteiger partial charge is 0.121 e. The summed E-state index contributed by atoms with van der Waals surface area (Å²) in [6.45, 7) is 3.12. The van der Waals surface area contributed by atoms with Gasteiger partial charge in [0, 0.05) is 12.7 Å². The Labute approximate surface area is 118 Å². The van der Waals surface area contributed by atoms with Gasteiger partial charge in [0.15, 0.2) is 0 Å².